The van der Waals surface area contributed by atoms with Gasteiger partial charge in [0.25, 0.3) is 0 Å². The van der Waals surface area contributed by atoms with E-state index in [0.717, 1.165) is 141 Å². The van der Waals surface area contributed by atoms with Gasteiger partial charge in [0.05, 0.1) is 51.0 Å². The van der Waals surface area contributed by atoms with Crippen LogP contribution in [0.2, 0.25) is 0 Å². The Labute approximate surface area is 518 Å². The second-order valence-corrected chi connectivity index (χ2v) is 22.4. The Morgan fingerprint density at radius 3 is 1.17 bits per heavy atom. The molecule has 0 heterocycles. The van der Waals surface area contributed by atoms with E-state index >= 15 is 0 Å². The second kappa shape index (κ2) is 42.8. The summed E-state index contributed by atoms with van der Waals surface area (Å²) in [4.78, 5) is 58.2. The molecule has 0 fully saturated rings. The number of carbonyl (C=O) groups excluding carboxylic acids is 4. The molecule has 2 amide bonds. The highest BCUT2D eigenvalue weighted by molar-refractivity contribution is 5.90. The lowest BCUT2D eigenvalue weighted by molar-refractivity contribution is -0.139. The minimum absolute atomic E-state index is 0.329. The van der Waals surface area contributed by atoms with Gasteiger partial charge in [-0.3, -0.25) is 20.6 Å². The summed E-state index contributed by atoms with van der Waals surface area (Å²) >= 11 is 0. The molecule has 0 unspecified atom stereocenters. The minimum atomic E-state index is -0.515. The Morgan fingerprint density at radius 2 is 0.782 bits per heavy atom. The van der Waals surface area contributed by atoms with Crippen molar-refractivity contribution in [2.45, 2.75) is 163 Å². The number of anilines is 2. The number of unbranched alkanes of at least 4 members (excludes halogenated alkanes) is 16. The summed E-state index contributed by atoms with van der Waals surface area (Å²) in [7, 11) is 0. The van der Waals surface area contributed by atoms with Crippen molar-refractivity contribution in [2.24, 2.45) is 21.8 Å². The summed E-state index contributed by atoms with van der Waals surface area (Å²) in [5, 5.41) is 5.60. The number of aliphatic imine (C=N–C) groups is 2. The van der Waals surface area contributed by atoms with Gasteiger partial charge in [-0.25, -0.2) is 19.2 Å². The first-order chi connectivity index (χ1) is 42.4. The molecule has 5 aromatic carbocycles. The van der Waals surface area contributed by atoms with Crippen LogP contribution in [0.5, 0.6) is 11.5 Å². The molecule has 5 rings (SSSR count). The molecule has 14 nitrogen and oxygen atoms in total. The number of nitrogens with zero attached hydrogens (tertiary/aromatic N) is 2. The van der Waals surface area contributed by atoms with Gasteiger partial charge in [-0.2, -0.15) is 0 Å². The van der Waals surface area contributed by atoms with Crippen molar-refractivity contribution >= 4 is 71.5 Å². The number of ether oxygens (including phenoxy) is 6. The van der Waals surface area contributed by atoms with E-state index in [1.54, 1.807) is 24.3 Å². The van der Waals surface area contributed by atoms with Gasteiger partial charge in [0.1, 0.15) is 11.5 Å². The fourth-order valence-electron chi connectivity index (χ4n) is 8.78. The predicted octanol–water partition coefficient (Wildman–Crippen LogP) is 19.0. The molecule has 87 heavy (non-hydrogen) atoms. The van der Waals surface area contributed by atoms with Crippen LogP contribution in [0.3, 0.4) is 0 Å². The van der Waals surface area contributed by atoms with E-state index < -0.39 is 12.2 Å². The summed E-state index contributed by atoms with van der Waals surface area (Å²) < 4.78 is 33.4. The van der Waals surface area contributed by atoms with Crippen LogP contribution in [-0.4, -0.2) is 76.2 Å². The standard InChI is InChI=1S/C73H96N4O10/c1-6-57(3)55-86-70(78)46-35-60-27-38-64(39-28-60)74-53-62-31-42-67(43-32-62)82-48-22-18-14-10-8-12-16-20-24-50-84-72(80)76-66-37-26-59(5)69(52-66)77-73(81)85-51-25-21-17-13-9-11-15-19-23-49-83-68-44-33-63(34-45-68)54-75-65-40-29-61(30-41-65)36-47-71(79)87-56-58(4)7-2/h26-47,52-54,57-58H,6-25,48-51,55-56H2,1-5H3,(H,76,80)(H,77,81)/b46-35+,47-36+,74-53?,75-54?/t57-,58-/m0/s1. The van der Waals surface area contributed by atoms with Gasteiger partial charge >= 0.3 is 24.1 Å². The lowest BCUT2D eigenvalue weighted by Gasteiger charge is -2.12. The average molecular weight is 1190 g/mol. The van der Waals surface area contributed by atoms with Gasteiger partial charge < -0.3 is 28.4 Å². The van der Waals surface area contributed by atoms with Gasteiger partial charge in [-0.1, -0.05) is 161 Å². The number of carbonyl (C=O) groups is 4. The zero-order valence-electron chi connectivity index (χ0n) is 52.5. The largest absolute Gasteiger partial charge is 0.494 e. The minimum Gasteiger partial charge on any atom is -0.494 e. The van der Waals surface area contributed by atoms with Gasteiger partial charge in [0, 0.05) is 36.0 Å². The quantitative estimate of drug-likeness (QED) is 0.0126. The molecule has 0 aliphatic heterocycles. The summed E-state index contributed by atoms with van der Waals surface area (Å²) in [6.45, 7) is 13.1. The Balaban J connectivity index is 0.782. The zero-order valence-corrected chi connectivity index (χ0v) is 52.5. The summed E-state index contributed by atoms with van der Waals surface area (Å²) in [5.41, 5.74) is 7.40. The van der Waals surface area contributed by atoms with Crippen molar-refractivity contribution in [3.8, 4) is 11.5 Å². The lowest BCUT2D eigenvalue weighted by Crippen LogP contribution is -2.17. The first-order valence-electron chi connectivity index (χ1n) is 31.9. The number of esters is 2. The summed E-state index contributed by atoms with van der Waals surface area (Å²) in [5.74, 6) is 1.75. The SMILES string of the molecule is CC[C@H](C)COC(=O)/C=C/c1ccc(N=Cc2ccc(OCCCCCCCCCCCOC(=O)Nc3ccc(C)c(NC(=O)OCCCCCCCCCCCOc4ccc(C=Nc5ccc(/C=C/C(=O)OC[C@@H](C)CC)cc5)cc4)c3)cc2)cc1. The van der Waals surface area contributed by atoms with Crippen LogP contribution in [-0.2, 0) is 28.5 Å². The molecule has 0 spiro atoms. The molecule has 14 heteroatoms. The Bertz CT molecular complexity index is 2860. The maximum atomic E-state index is 12.6. The Kier molecular flexibility index (Phi) is 34.3. The molecular weight excluding hydrogens is 1090 g/mol. The number of hydrogen-bond donors (Lipinski definition) is 2. The van der Waals surface area contributed by atoms with Crippen molar-refractivity contribution in [1.29, 1.82) is 0 Å². The van der Waals surface area contributed by atoms with E-state index in [1.807, 2.05) is 122 Å². The fourth-order valence-corrected chi connectivity index (χ4v) is 8.78. The Morgan fingerprint density at radius 1 is 0.425 bits per heavy atom. The summed E-state index contributed by atoms with van der Waals surface area (Å²) in [6.07, 6.45) is 30.6. The average Bonchev–Trinajstić information content (AvgIpc) is 3.74. The molecule has 0 bridgehead atoms. The first kappa shape index (κ1) is 69.8. The van der Waals surface area contributed by atoms with Crippen LogP contribution in [0.1, 0.15) is 184 Å². The van der Waals surface area contributed by atoms with Crippen LogP contribution < -0.4 is 20.1 Å². The number of benzene rings is 5. The van der Waals surface area contributed by atoms with Crippen LogP contribution in [0.25, 0.3) is 12.2 Å². The highest BCUT2D eigenvalue weighted by atomic mass is 16.6. The van der Waals surface area contributed by atoms with Crippen molar-refractivity contribution in [3.63, 3.8) is 0 Å². The highest BCUT2D eigenvalue weighted by Gasteiger charge is 2.11. The molecule has 0 aliphatic rings. The summed E-state index contributed by atoms with van der Waals surface area (Å²) in [6, 6.07) is 36.6. The molecule has 2 atom stereocenters. The van der Waals surface area contributed by atoms with E-state index in [4.69, 9.17) is 28.4 Å². The Hall–Kier alpha value is -8.00. The number of amides is 2. The van der Waals surface area contributed by atoms with Crippen molar-refractivity contribution in [2.75, 3.05) is 50.3 Å². The van der Waals surface area contributed by atoms with Gasteiger partial charge in [-0.05, 0) is 169 Å². The van der Waals surface area contributed by atoms with Crippen LogP contribution >= 0.6 is 0 Å². The molecular formula is C73H96N4O10. The van der Waals surface area contributed by atoms with Crippen molar-refractivity contribution in [3.05, 3.63) is 155 Å². The van der Waals surface area contributed by atoms with E-state index in [0.29, 0.717) is 62.9 Å². The van der Waals surface area contributed by atoms with E-state index in [1.165, 1.54) is 50.7 Å². The lowest BCUT2D eigenvalue weighted by atomic mass is 10.1. The topological polar surface area (TPSA) is 172 Å². The molecule has 5 aromatic rings. The van der Waals surface area contributed by atoms with Gasteiger partial charge in [0.15, 0.2) is 0 Å². The zero-order chi connectivity index (χ0) is 61.9. The van der Waals surface area contributed by atoms with E-state index in [-0.39, 0.29) is 11.9 Å². The number of nitrogens with one attached hydrogen (secondary N) is 2. The molecule has 0 aliphatic carbocycles. The molecule has 2 N–H and O–H groups in total. The van der Waals surface area contributed by atoms with Crippen LogP contribution in [0, 0.1) is 18.8 Å². The molecule has 0 saturated heterocycles. The van der Waals surface area contributed by atoms with Crippen molar-refractivity contribution in [1.82, 2.24) is 0 Å². The second-order valence-electron chi connectivity index (χ2n) is 22.4. The third-order valence-electron chi connectivity index (χ3n) is 14.8. The van der Waals surface area contributed by atoms with Crippen molar-refractivity contribution < 1.29 is 47.6 Å². The predicted molar refractivity (Wildman–Crippen MR) is 354 cm³/mol. The molecule has 0 radical (unpaired) electrons. The smallest absolute Gasteiger partial charge is 0.411 e. The normalized spacial score (nSPS) is 12.1. The molecule has 468 valence electrons. The third-order valence-corrected chi connectivity index (χ3v) is 14.8. The fraction of sp³-hybridized carbons (Fsp3) is 0.452. The van der Waals surface area contributed by atoms with E-state index in [9.17, 15) is 19.2 Å². The van der Waals surface area contributed by atoms with Crippen LogP contribution in [0.15, 0.2) is 137 Å². The van der Waals surface area contributed by atoms with Crippen LogP contribution in [0.4, 0.5) is 32.3 Å². The highest BCUT2D eigenvalue weighted by Crippen LogP contribution is 2.23. The number of hydrogen-bond acceptors (Lipinski definition) is 12. The first-order valence-corrected chi connectivity index (χ1v) is 31.9. The monoisotopic (exact) mass is 1190 g/mol. The van der Waals surface area contributed by atoms with Gasteiger partial charge in [0.2, 0.25) is 0 Å². The third kappa shape index (κ3) is 31.8. The van der Waals surface area contributed by atoms with Gasteiger partial charge in [-0.15, -0.1) is 0 Å². The molecule has 0 saturated carbocycles. The maximum Gasteiger partial charge on any atom is 0.411 e. The number of rotatable bonds is 42. The van der Waals surface area contributed by atoms with E-state index in [2.05, 4.69) is 48.3 Å². The molecule has 0 aromatic heterocycles. The maximum absolute atomic E-state index is 12.6. The number of aryl methyl sites for hydroxylation is 1.